The Morgan fingerprint density at radius 2 is 1.81 bits per heavy atom. The summed E-state index contributed by atoms with van der Waals surface area (Å²) in [5, 5.41) is 11.0. The van der Waals surface area contributed by atoms with E-state index in [0.717, 1.165) is 28.4 Å². The number of hydrogen-bond acceptors (Lipinski definition) is 2. The van der Waals surface area contributed by atoms with Gasteiger partial charge in [-0.15, -0.1) is 0 Å². The maximum atomic E-state index is 11.0. The average molecular weight is 346 g/mol. The van der Waals surface area contributed by atoms with Gasteiger partial charge in [0.1, 0.15) is 0 Å². The van der Waals surface area contributed by atoms with Crippen LogP contribution < -0.4 is 5.73 Å². The summed E-state index contributed by atoms with van der Waals surface area (Å²) in [4.78, 5) is 0. The number of fused-ring (bicyclic) bond motifs is 1. The van der Waals surface area contributed by atoms with E-state index in [4.69, 9.17) is 5.73 Å². The highest BCUT2D eigenvalue weighted by molar-refractivity contribution is 9.10. The fourth-order valence-corrected chi connectivity index (χ4v) is 3.61. The predicted molar refractivity (Wildman–Crippen MR) is 89.2 cm³/mol. The standard InChI is InChI=1S/C18H20BrNO/c1-12-8-13(6-7-16(12)19)17(21)18(11-20)9-14-4-2-3-5-15(14)10-18/h2-8,17,21H,9-11,20H2,1H3. The van der Waals surface area contributed by atoms with Gasteiger partial charge < -0.3 is 10.8 Å². The highest BCUT2D eigenvalue weighted by Crippen LogP contribution is 2.45. The van der Waals surface area contributed by atoms with Gasteiger partial charge in [-0.25, -0.2) is 0 Å². The molecule has 0 heterocycles. The lowest BCUT2D eigenvalue weighted by Crippen LogP contribution is -2.37. The predicted octanol–water partition coefficient (Wildman–Crippen LogP) is 3.53. The Morgan fingerprint density at radius 3 is 2.33 bits per heavy atom. The van der Waals surface area contributed by atoms with Crippen molar-refractivity contribution >= 4 is 15.9 Å². The van der Waals surface area contributed by atoms with Crippen LogP contribution in [0.1, 0.15) is 28.4 Å². The molecule has 3 heteroatoms. The molecule has 3 rings (SSSR count). The molecule has 0 saturated carbocycles. The van der Waals surface area contributed by atoms with Crippen molar-refractivity contribution in [3.8, 4) is 0 Å². The quantitative estimate of drug-likeness (QED) is 0.893. The van der Waals surface area contributed by atoms with Gasteiger partial charge in [0.2, 0.25) is 0 Å². The molecule has 0 spiro atoms. The Bertz CT molecular complexity index is 643. The van der Waals surface area contributed by atoms with Gasteiger partial charge in [-0.05, 0) is 48.1 Å². The van der Waals surface area contributed by atoms with E-state index in [2.05, 4.69) is 46.3 Å². The Morgan fingerprint density at radius 1 is 1.19 bits per heavy atom. The third-order valence-corrected chi connectivity index (χ3v) is 5.58. The van der Waals surface area contributed by atoms with Gasteiger partial charge in [0.25, 0.3) is 0 Å². The molecular formula is C18H20BrNO. The zero-order chi connectivity index (χ0) is 15.0. The third kappa shape index (κ3) is 2.54. The van der Waals surface area contributed by atoms with Gasteiger partial charge in [-0.2, -0.15) is 0 Å². The van der Waals surface area contributed by atoms with Crippen molar-refractivity contribution in [2.75, 3.05) is 6.54 Å². The maximum Gasteiger partial charge on any atom is 0.0864 e. The largest absolute Gasteiger partial charge is 0.388 e. The Kier molecular flexibility index (Phi) is 3.91. The molecule has 0 saturated heterocycles. The lowest BCUT2D eigenvalue weighted by Gasteiger charge is -2.33. The molecule has 1 aliphatic carbocycles. The molecule has 2 aromatic rings. The summed E-state index contributed by atoms with van der Waals surface area (Å²) in [7, 11) is 0. The van der Waals surface area contributed by atoms with Crippen LogP contribution >= 0.6 is 15.9 Å². The molecule has 0 aliphatic heterocycles. The fraction of sp³-hybridized carbons (Fsp3) is 0.333. The van der Waals surface area contributed by atoms with E-state index in [1.807, 2.05) is 19.1 Å². The van der Waals surface area contributed by atoms with Crippen LogP contribution in [0.2, 0.25) is 0 Å². The number of halogens is 1. The topological polar surface area (TPSA) is 46.2 Å². The van der Waals surface area contributed by atoms with Crippen LogP contribution in [0.3, 0.4) is 0 Å². The Hall–Kier alpha value is -1.16. The summed E-state index contributed by atoms with van der Waals surface area (Å²) in [5.41, 5.74) is 10.5. The van der Waals surface area contributed by atoms with Crippen LogP contribution in [0.4, 0.5) is 0 Å². The summed E-state index contributed by atoms with van der Waals surface area (Å²) >= 11 is 3.51. The highest BCUT2D eigenvalue weighted by Gasteiger charge is 2.42. The molecule has 1 atom stereocenters. The zero-order valence-electron chi connectivity index (χ0n) is 12.1. The van der Waals surface area contributed by atoms with Crippen molar-refractivity contribution in [2.45, 2.75) is 25.9 Å². The normalized spacial score (nSPS) is 17.5. The highest BCUT2D eigenvalue weighted by atomic mass is 79.9. The van der Waals surface area contributed by atoms with Crippen molar-refractivity contribution in [1.29, 1.82) is 0 Å². The summed E-state index contributed by atoms with van der Waals surface area (Å²) < 4.78 is 1.06. The molecular weight excluding hydrogens is 326 g/mol. The molecule has 110 valence electrons. The van der Waals surface area contributed by atoms with Gasteiger partial charge in [0, 0.05) is 16.4 Å². The number of benzene rings is 2. The van der Waals surface area contributed by atoms with E-state index in [1.54, 1.807) is 0 Å². The first-order chi connectivity index (χ1) is 10.1. The second kappa shape index (κ2) is 5.56. The first-order valence-corrected chi connectivity index (χ1v) is 8.06. The van der Waals surface area contributed by atoms with E-state index < -0.39 is 6.10 Å². The minimum Gasteiger partial charge on any atom is -0.388 e. The summed E-state index contributed by atoms with van der Waals surface area (Å²) in [6.45, 7) is 2.52. The molecule has 0 amide bonds. The number of aliphatic hydroxyl groups excluding tert-OH is 1. The van der Waals surface area contributed by atoms with Crippen LogP contribution in [-0.2, 0) is 12.8 Å². The molecule has 2 aromatic carbocycles. The minimum atomic E-state index is -0.540. The van der Waals surface area contributed by atoms with Crippen molar-refractivity contribution < 1.29 is 5.11 Å². The number of aliphatic hydroxyl groups is 1. The zero-order valence-corrected chi connectivity index (χ0v) is 13.7. The Labute approximate surface area is 134 Å². The summed E-state index contributed by atoms with van der Waals surface area (Å²) in [6, 6.07) is 14.4. The van der Waals surface area contributed by atoms with Gasteiger partial charge in [0.05, 0.1) is 6.10 Å². The van der Waals surface area contributed by atoms with Gasteiger partial charge in [-0.1, -0.05) is 52.3 Å². The van der Waals surface area contributed by atoms with Crippen molar-refractivity contribution in [2.24, 2.45) is 11.1 Å². The molecule has 0 radical (unpaired) electrons. The molecule has 1 unspecified atom stereocenters. The molecule has 0 bridgehead atoms. The average Bonchev–Trinajstić information content (AvgIpc) is 2.89. The van der Waals surface area contributed by atoms with E-state index in [1.165, 1.54) is 11.1 Å². The molecule has 3 N–H and O–H groups in total. The van der Waals surface area contributed by atoms with E-state index in [0.29, 0.717) is 6.54 Å². The maximum absolute atomic E-state index is 11.0. The number of hydrogen-bond donors (Lipinski definition) is 2. The molecule has 1 aliphatic rings. The van der Waals surface area contributed by atoms with Gasteiger partial charge in [-0.3, -0.25) is 0 Å². The summed E-state index contributed by atoms with van der Waals surface area (Å²) in [6.07, 6.45) is 1.15. The summed E-state index contributed by atoms with van der Waals surface area (Å²) in [5.74, 6) is 0. The van der Waals surface area contributed by atoms with Gasteiger partial charge in [0.15, 0.2) is 0 Å². The minimum absolute atomic E-state index is 0.288. The monoisotopic (exact) mass is 345 g/mol. The van der Waals surface area contributed by atoms with Crippen LogP contribution in [0.25, 0.3) is 0 Å². The first kappa shape index (κ1) is 14.8. The smallest absolute Gasteiger partial charge is 0.0864 e. The number of rotatable bonds is 3. The van der Waals surface area contributed by atoms with Crippen LogP contribution in [0.5, 0.6) is 0 Å². The van der Waals surface area contributed by atoms with Crippen LogP contribution in [-0.4, -0.2) is 11.7 Å². The van der Waals surface area contributed by atoms with Crippen LogP contribution in [0, 0.1) is 12.3 Å². The molecule has 0 fully saturated rings. The lowest BCUT2D eigenvalue weighted by atomic mass is 9.76. The second-order valence-electron chi connectivity index (χ2n) is 6.10. The van der Waals surface area contributed by atoms with Crippen molar-refractivity contribution in [3.63, 3.8) is 0 Å². The van der Waals surface area contributed by atoms with E-state index in [-0.39, 0.29) is 5.41 Å². The number of nitrogens with two attached hydrogens (primary N) is 1. The number of aryl methyl sites for hydroxylation is 1. The van der Waals surface area contributed by atoms with Gasteiger partial charge >= 0.3 is 0 Å². The lowest BCUT2D eigenvalue weighted by molar-refractivity contribution is 0.0357. The van der Waals surface area contributed by atoms with Crippen molar-refractivity contribution in [3.05, 3.63) is 69.2 Å². The SMILES string of the molecule is Cc1cc(C(O)C2(CN)Cc3ccccc3C2)ccc1Br. The molecule has 21 heavy (non-hydrogen) atoms. The van der Waals surface area contributed by atoms with Crippen LogP contribution in [0.15, 0.2) is 46.9 Å². The Balaban J connectivity index is 1.95. The van der Waals surface area contributed by atoms with Crippen molar-refractivity contribution in [1.82, 2.24) is 0 Å². The third-order valence-electron chi connectivity index (χ3n) is 4.69. The molecule has 0 aromatic heterocycles. The second-order valence-corrected chi connectivity index (χ2v) is 6.95. The molecule has 2 nitrogen and oxygen atoms in total. The van der Waals surface area contributed by atoms with E-state index in [9.17, 15) is 5.11 Å². The first-order valence-electron chi connectivity index (χ1n) is 7.27. The fourth-order valence-electron chi connectivity index (χ4n) is 3.36. The van der Waals surface area contributed by atoms with E-state index >= 15 is 0 Å².